The van der Waals surface area contributed by atoms with Gasteiger partial charge in [0.1, 0.15) is 5.57 Å². The van der Waals surface area contributed by atoms with Crippen molar-refractivity contribution < 1.29 is 14.4 Å². The molecule has 0 spiro atoms. The lowest BCUT2D eigenvalue weighted by Crippen LogP contribution is -2.21. The highest BCUT2D eigenvalue weighted by Crippen LogP contribution is 2.32. The summed E-state index contributed by atoms with van der Waals surface area (Å²) in [6.45, 7) is 3.86. The Morgan fingerprint density at radius 1 is 1.07 bits per heavy atom. The Hall–Kier alpha value is -0.750. The van der Waals surface area contributed by atoms with Gasteiger partial charge in [0.05, 0.1) is 4.24 Å². The van der Waals surface area contributed by atoms with Gasteiger partial charge in [0.2, 0.25) is 0 Å². The molecule has 1 rings (SSSR count). The summed E-state index contributed by atoms with van der Waals surface area (Å²) in [6, 6.07) is 0. The number of hydrogen-bond donors (Lipinski definition) is 1. The van der Waals surface area contributed by atoms with Crippen LogP contribution in [-0.4, -0.2) is 29.1 Å². The van der Waals surface area contributed by atoms with Gasteiger partial charge in [-0.1, -0.05) is 13.8 Å². The van der Waals surface area contributed by atoms with Gasteiger partial charge in [-0.3, -0.25) is 19.7 Å². The number of carbonyl (C=O) groups excluding carboxylic acids is 3. The maximum atomic E-state index is 11.4. The van der Waals surface area contributed by atoms with E-state index in [2.05, 4.69) is 0 Å². The fourth-order valence-electron chi connectivity index (χ4n) is 1.07. The van der Waals surface area contributed by atoms with Gasteiger partial charge in [0.25, 0.3) is 17.6 Å². The van der Waals surface area contributed by atoms with Crippen molar-refractivity contribution in [2.24, 2.45) is 0 Å². The van der Waals surface area contributed by atoms with E-state index < -0.39 is 17.6 Å². The minimum absolute atomic E-state index is 0.0127. The fourth-order valence-corrected chi connectivity index (χ4v) is 3.30. The number of amides is 2. The number of carbonyl (C=O) groups is 3. The van der Waals surface area contributed by atoms with Crippen LogP contribution in [0.3, 0.4) is 0 Å². The molecule has 0 aliphatic carbocycles. The van der Waals surface area contributed by atoms with Crippen molar-refractivity contribution in [3.63, 3.8) is 0 Å². The molecule has 0 bridgehead atoms. The van der Waals surface area contributed by atoms with E-state index in [0.29, 0.717) is 4.24 Å². The van der Waals surface area contributed by atoms with E-state index in [4.69, 9.17) is 0 Å². The first kappa shape index (κ1) is 12.3. The van der Waals surface area contributed by atoms with Gasteiger partial charge in [-0.15, -0.1) is 23.5 Å². The van der Waals surface area contributed by atoms with Crippen molar-refractivity contribution in [2.45, 2.75) is 13.8 Å². The van der Waals surface area contributed by atoms with Crippen LogP contribution in [0.5, 0.6) is 0 Å². The zero-order valence-electron chi connectivity index (χ0n) is 8.46. The molecule has 1 fully saturated rings. The van der Waals surface area contributed by atoms with Crippen LogP contribution in [0.15, 0.2) is 9.81 Å². The third-order valence-electron chi connectivity index (χ3n) is 1.64. The number of hydrogen-bond acceptors (Lipinski definition) is 5. The monoisotopic (exact) mass is 245 g/mol. The number of nitrogens with one attached hydrogen (secondary N) is 1. The van der Waals surface area contributed by atoms with Gasteiger partial charge in [0, 0.05) is 0 Å². The summed E-state index contributed by atoms with van der Waals surface area (Å²) in [7, 11) is 0. The van der Waals surface area contributed by atoms with Crippen molar-refractivity contribution in [1.82, 2.24) is 5.32 Å². The molecule has 1 saturated heterocycles. The minimum Gasteiger partial charge on any atom is -0.285 e. The number of imide groups is 1. The molecule has 0 radical (unpaired) electrons. The van der Waals surface area contributed by atoms with E-state index in [9.17, 15) is 14.4 Å². The molecule has 0 saturated carbocycles. The molecule has 1 N–H and O–H groups in total. The number of ketones is 1. The van der Waals surface area contributed by atoms with Gasteiger partial charge >= 0.3 is 0 Å². The van der Waals surface area contributed by atoms with Gasteiger partial charge in [0.15, 0.2) is 0 Å². The van der Waals surface area contributed by atoms with Crippen LogP contribution in [0, 0.1) is 0 Å². The molecule has 0 aromatic carbocycles. The van der Waals surface area contributed by atoms with E-state index in [0.717, 1.165) is 11.5 Å². The Morgan fingerprint density at radius 3 is 1.93 bits per heavy atom. The lowest BCUT2D eigenvalue weighted by Gasteiger charge is -2.04. The summed E-state index contributed by atoms with van der Waals surface area (Å²) in [4.78, 5) is 33.7. The molecule has 0 atom stereocenters. The van der Waals surface area contributed by atoms with Gasteiger partial charge in [-0.2, -0.15) is 0 Å². The highest BCUT2D eigenvalue weighted by molar-refractivity contribution is 8.22. The molecule has 1 aliphatic rings. The lowest BCUT2D eigenvalue weighted by molar-refractivity contribution is -0.134. The van der Waals surface area contributed by atoms with Crippen molar-refractivity contribution in [2.75, 3.05) is 11.5 Å². The summed E-state index contributed by atoms with van der Waals surface area (Å²) in [5, 5.41) is 2.00. The highest BCUT2D eigenvalue weighted by atomic mass is 32.2. The second-order valence-electron chi connectivity index (χ2n) is 2.64. The van der Waals surface area contributed by atoms with E-state index in [-0.39, 0.29) is 5.57 Å². The molecule has 4 nitrogen and oxygen atoms in total. The molecule has 6 heteroatoms. The van der Waals surface area contributed by atoms with Gasteiger partial charge < -0.3 is 0 Å². The first-order valence-electron chi connectivity index (χ1n) is 4.51. The number of rotatable bonds is 4. The van der Waals surface area contributed by atoms with E-state index >= 15 is 0 Å². The summed E-state index contributed by atoms with van der Waals surface area (Å²) < 4.78 is 0.647. The molecule has 1 heterocycles. The predicted octanol–water partition coefficient (Wildman–Crippen LogP) is 0.930. The van der Waals surface area contributed by atoms with Crippen molar-refractivity contribution in [3.05, 3.63) is 9.81 Å². The Bertz CT molecular complexity index is 341. The normalized spacial score (nSPS) is 15.9. The van der Waals surface area contributed by atoms with Crippen LogP contribution < -0.4 is 5.32 Å². The molecule has 15 heavy (non-hydrogen) atoms. The molecular weight excluding hydrogens is 234 g/mol. The van der Waals surface area contributed by atoms with Crippen LogP contribution in [0.2, 0.25) is 0 Å². The Kier molecular flexibility index (Phi) is 4.41. The molecule has 0 aromatic heterocycles. The van der Waals surface area contributed by atoms with Crippen molar-refractivity contribution >= 4 is 41.1 Å². The van der Waals surface area contributed by atoms with Gasteiger partial charge in [-0.05, 0) is 11.5 Å². The average Bonchev–Trinajstić information content (AvgIpc) is 2.41. The summed E-state index contributed by atoms with van der Waals surface area (Å²) in [5.41, 5.74) is 0.0127. The van der Waals surface area contributed by atoms with Crippen LogP contribution in [0.1, 0.15) is 13.8 Å². The zero-order valence-corrected chi connectivity index (χ0v) is 10.1. The minimum atomic E-state index is -0.819. The lowest BCUT2D eigenvalue weighted by atomic mass is 10.2. The quantitative estimate of drug-likeness (QED) is 0.345. The first-order valence-corrected chi connectivity index (χ1v) is 6.48. The Labute approximate surface area is 96.2 Å². The summed E-state index contributed by atoms with van der Waals surface area (Å²) >= 11 is 2.83. The molecule has 1 aliphatic heterocycles. The molecule has 0 aromatic rings. The number of Topliss-reactive ketones (excluding diaryl/α,β-unsaturated/α-hetero) is 1. The van der Waals surface area contributed by atoms with Crippen LogP contribution in [-0.2, 0) is 14.4 Å². The predicted molar refractivity (Wildman–Crippen MR) is 61.4 cm³/mol. The Balaban J connectivity index is 3.06. The smallest absolute Gasteiger partial charge is 0.285 e. The molecule has 82 valence electrons. The maximum absolute atomic E-state index is 11.4. The largest absolute Gasteiger partial charge is 0.299 e. The third-order valence-corrected chi connectivity index (χ3v) is 3.86. The summed E-state index contributed by atoms with van der Waals surface area (Å²) in [5.74, 6) is -0.569. The van der Waals surface area contributed by atoms with Crippen molar-refractivity contribution in [3.8, 4) is 0 Å². The van der Waals surface area contributed by atoms with E-state index in [1.807, 2.05) is 19.2 Å². The second kappa shape index (κ2) is 5.37. The zero-order chi connectivity index (χ0) is 11.4. The Morgan fingerprint density at radius 2 is 1.60 bits per heavy atom. The average molecular weight is 245 g/mol. The molecule has 2 amide bonds. The maximum Gasteiger partial charge on any atom is 0.299 e. The van der Waals surface area contributed by atoms with E-state index in [1.165, 1.54) is 23.5 Å². The third kappa shape index (κ3) is 2.63. The standard InChI is InChI=1S/C9H11NO3S2/c1-3-14-9(15-4-2)5-6(11)8(13)10-7(5)12/h3-4H2,1-2H3,(H,10,12,13). The molecular formula is C9H11NO3S2. The fraction of sp³-hybridized carbons (Fsp3) is 0.444. The van der Waals surface area contributed by atoms with Crippen LogP contribution in [0.4, 0.5) is 0 Å². The number of thioether (sulfide) groups is 2. The van der Waals surface area contributed by atoms with Gasteiger partial charge in [-0.25, -0.2) is 0 Å². The van der Waals surface area contributed by atoms with Crippen molar-refractivity contribution in [1.29, 1.82) is 0 Å². The second-order valence-corrected chi connectivity index (χ2v) is 5.45. The topological polar surface area (TPSA) is 63.2 Å². The summed E-state index contributed by atoms with van der Waals surface area (Å²) in [6.07, 6.45) is 0. The first-order chi connectivity index (χ1) is 7.11. The molecule has 0 unspecified atom stereocenters. The van der Waals surface area contributed by atoms with Crippen LogP contribution >= 0.6 is 23.5 Å². The van der Waals surface area contributed by atoms with E-state index in [1.54, 1.807) is 0 Å². The highest BCUT2D eigenvalue weighted by Gasteiger charge is 2.37. The SMILES string of the molecule is CCSC(SCC)=C1C(=O)NC(=O)C1=O. The van der Waals surface area contributed by atoms with Crippen LogP contribution in [0.25, 0.3) is 0 Å².